The zero-order valence-electron chi connectivity index (χ0n) is 10.2. The summed E-state index contributed by atoms with van der Waals surface area (Å²) in [6, 6.07) is 4.65. The second-order valence-corrected chi connectivity index (χ2v) is 7.35. The molecular weight excluding hydrogens is 316 g/mol. The highest BCUT2D eigenvalue weighted by atomic mass is 79.9. The summed E-state index contributed by atoms with van der Waals surface area (Å²) in [5, 5.41) is 0. The Morgan fingerprint density at radius 3 is 2.61 bits per heavy atom. The van der Waals surface area contributed by atoms with Crippen molar-refractivity contribution in [1.29, 1.82) is 0 Å². The van der Waals surface area contributed by atoms with E-state index in [4.69, 9.17) is 5.73 Å². The van der Waals surface area contributed by atoms with E-state index < -0.39 is 10.0 Å². The van der Waals surface area contributed by atoms with Crippen molar-refractivity contribution in [2.75, 3.05) is 5.73 Å². The number of sulfonamides is 1. The van der Waals surface area contributed by atoms with Gasteiger partial charge in [-0.25, -0.2) is 13.1 Å². The van der Waals surface area contributed by atoms with Gasteiger partial charge in [-0.1, -0.05) is 6.42 Å². The van der Waals surface area contributed by atoms with Crippen LogP contribution in [0.25, 0.3) is 0 Å². The first-order valence-electron chi connectivity index (χ1n) is 5.97. The Kier molecular flexibility index (Phi) is 3.99. The van der Waals surface area contributed by atoms with E-state index in [1.54, 1.807) is 12.1 Å². The molecule has 100 valence electrons. The monoisotopic (exact) mass is 332 g/mol. The van der Waals surface area contributed by atoms with E-state index >= 15 is 0 Å². The maximum atomic E-state index is 12.2. The molecule has 1 saturated carbocycles. The summed E-state index contributed by atoms with van der Waals surface area (Å²) in [7, 11) is -3.47. The van der Waals surface area contributed by atoms with E-state index in [0.717, 1.165) is 12.8 Å². The molecule has 18 heavy (non-hydrogen) atoms. The van der Waals surface area contributed by atoms with Crippen LogP contribution in [0.4, 0.5) is 5.69 Å². The van der Waals surface area contributed by atoms with E-state index in [2.05, 4.69) is 20.7 Å². The first-order valence-corrected chi connectivity index (χ1v) is 8.25. The van der Waals surface area contributed by atoms with Crippen LogP contribution in [-0.4, -0.2) is 14.5 Å². The number of hydrogen-bond donors (Lipinski definition) is 2. The fraction of sp³-hybridized carbons (Fsp3) is 0.500. The number of anilines is 1. The van der Waals surface area contributed by atoms with Gasteiger partial charge in [-0.3, -0.25) is 0 Å². The molecule has 0 amide bonds. The number of halogens is 1. The van der Waals surface area contributed by atoms with Gasteiger partial charge < -0.3 is 5.73 Å². The van der Waals surface area contributed by atoms with Crippen molar-refractivity contribution in [3.8, 4) is 0 Å². The van der Waals surface area contributed by atoms with Gasteiger partial charge in [0.05, 0.1) is 4.90 Å². The molecule has 0 spiro atoms. The summed E-state index contributed by atoms with van der Waals surface area (Å²) in [5.74, 6) is 0.465. The molecule has 0 aromatic heterocycles. The highest BCUT2D eigenvalue weighted by Gasteiger charge is 2.27. The van der Waals surface area contributed by atoms with Crippen molar-refractivity contribution in [1.82, 2.24) is 4.72 Å². The van der Waals surface area contributed by atoms with Crippen molar-refractivity contribution in [3.05, 3.63) is 22.7 Å². The number of nitrogen functional groups attached to an aromatic ring is 1. The molecule has 0 aliphatic heterocycles. The third-order valence-corrected chi connectivity index (χ3v) is 5.75. The van der Waals surface area contributed by atoms with Gasteiger partial charge >= 0.3 is 0 Å². The number of rotatable bonds is 4. The van der Waals surface area contributed by atoms with Crippen LogP contribution in [0.5, 0.6) is 0 Å². The lowest BCUT2D eigenvalue weighted by molar-refractivity contribution is 0.260. The van der Waals surface area contributed by atoms with Crippen molar-refractivity contribution in [2.24, 2.45) is 5.92 Å². The van der Waals surface area contributed by atoms with Gasteiger partial charge in [0, 0.05) is 16.2 Å². The van der Waals surface area contributed by atoms with Crippen molar-refractivity contribution < 1.29 is 8.42 Å². The molecule has 4 nitrogen and oxygen atoms in total. The molecule has 1 unspecified atom stereocenters. The summed E-state index contributed by atoms with van der Waals surface area (Å²) < 4.78 is 27.8. The molecule has 0 radical (unpaired) electrons. The molecule has 1 aromatic rings. The van der Waals surface area contributed by atoms with Crippen LogP contribution in [-0.2, 0) is 10.0 Å². The molecular formula is C12H17BrN2O2S. The molecule has 1 aliphatic rings. The normalized spacial score (nSPS) is 18.3. The van der Waals surface area contributed by atoms with Gasteiger partial charge in [0.2, 0.25) is 10.0 Å². The van der Waals surface area contributed by atoms with Crippen molar-refractivity contribution in [2.45, 2.75) is 37.1 Å². The largest absolute Gasteiger partial charge is 0.398 e. The summed E-state index contributed by atoms with van der Waals surface area (Å²) in [6.07, 6.45) is 3.40. The fourth-order valence-electron chi connectivity index (χ4n) is 2.04. The smallest absolute Gasteiger partial charge is 0.240 e. The van der Waals surface area contributed by atoms with Crippen molar-refractivity contribution in [3.63, 3.8) is 0 Å². The van der Waals surface area contributed by atoms with Gasteiger partial charge in [0.1, 0.15) is 0 Å². The predicted molar refractivity (Wildman–Crippen MR) is 75.7 cm³/mol. The second-order valence-electron chi connectivity index (χ2n) is 4.78. The minimum atomic E-state index is -3.47. The van der Waals surface area contributed by atoms with Gasteiger partial charge in [-0.05, 0) is 59.8 Å². The van der Waals surface area contributed by atoms with Crippen molar-refractivity contribution >= 4 is 31.6 Å². The van der Waals surface area contributed by atoms with Crippen LogP contribution in [0, 0.1) is 5.92 Å². The highest BCUT2D eigenvalue weighted by Crippen LogP contribution is 2.30. The Hall–Kier alpha value is -0.590. The van der Waals surface area contributed by atoms with E-state index in [9.17, 15) is 8.42 Å². The fourth-order valence-corrected chi connectivity index (χ4v) is 3.63. The van der Waals surface area contributed by atoms with Crippen LogP contribution in [0.2, 0.25) is 0 Å². The van der Waals surface area contributed by atoms with Crippen LogP contribution >= 0.6 is 15.9 Å². The second kappa shape index (κ2) is 5.19. The van der Waals surface area contributed by atoms with Gasteiger partial charge in [0.15, 0.2) is 0 Å². The lowest BCUT2D eigenvalue weighted by atomic mass is 9.81. The quantitative estimate of drug-likeness (QED) is 0.832. The first-order chi connectivity index (χ1) is 8.40. The Balaban J connectivity index is 2.16. The Bertz CT molecular complexity index is 541. The molecule has 1 aliphatic carbocycles. The predicted octanol–water partition coefficient (Wildman–Crippen LogP) is 2.50. The number of benzene rings is 1. The SMILES string of the molecule is CC(NS(=O)(=O)c1ccc(Br)c(N)c1)C1CCC1. The Morgan fingerprint density at radius 2 is 2.11 bits per heavy atom. The molecule has 3 N–H and O–H groups in total. The third kappa shape index (κ3) is 2.87. The van der Waals surface area contributed by atoms with Gasteiger partial charge in [-0.15, -0.1) is 0 Å². The lowest BCUT2D eigenvalue weighted by Gasteiger charge is -2.31. The number of hydrogen-bond acceptors (Lipinski definition) is 3. The third-order valence-electron chi connectivity index (χ3n) is 3.48. The van der Waals surface area contributed by atoms with Crippen LogP contribution in [0.15, 0.2) is 27.6 Å². The van der Waals surface area contributed by atoms with Crippen LogP contribution in [0.1, 0.15) is 26.2 Å². The van der Waals surface area contributed by atoms with Crippen LogP contribution < -0.4 is 10.5 Å². The summed E-state index contributed by atoms with van der Waals surface area (Å²) in [4.78, 5) is 0.217. The lowest BCUT2D eigenvalue weighted by Crippen LogP contribution is -2.40. The molecule has 1 aromatic carbocycles. The maximum Gasteiger partial charge on any atom is 0.240 e. The minimum absolute atomic E-state index is 0.0198. The zero-order valence-corrected chi connectivity index (χ0v) is 12.6. The molecule has 1 fully saturated rings. The van der Waals surface area contributed by atoms with E-state index in [1.807, 2.05) is 6.92 Å². The maximum absolute atomic E-state index is 12.2. The number of nitrogens with one attached hydrogen (secondary N) is 1. The molecule has 0 bridgehead atoms. The van der Waals surface area contributed by atoms with E-state index in [0.29, 0.717) is 16.1 Å². The molecule has 6 heteroatoms. The summed E-state index contributed by atoms with van der Waals surface area (Å²) in [5.41, 5.74) is 6.13. The Labute approximate surface area is 116 Å². The summed E-state index contributed by atoms with van der Waals surface area (Å²) in [6.45, 7) is 1.92. The number of nitrogens with two attached hydrogens (primary N) is 1. The molecule has 1 atom stereocenters. The van der Waals surface area contributed by atoms with E-state index in [1.165, 1.54) is 12.5 Å². The zero-order chi connectivity index (χ0) is 13.3. The van der Waals surface area contributed by atoms with Gasteiger partial charge in [-0.2, -0.15) is 0 Å². The van der Waals surface area contributed by atoms with Crippen LogP contribution in [0.3, 0.4) is 0 Å². The average Bonchev–Trinajstić information content (AvgIpc) is 2.18. The van der Waals surface area contributed by atoms with E-state index in [-0.39, 0.29) is 10.9 Å². The highest BCUT2D eigenvalue weighted by molar-refractivity contribution is 9.10. The average molecular weight is 333 g/mol. The first kappa shape index (κ1) is 13.8. The molecule has 0 heterocycles. The minimum Gasteiger partial charge on any atom is -0.398 e. The molecule has 0 saturated heterocycles. The molecule has 2 rings (SSSR count). The standard InChI is InChI=1S/C12H17BrN2O2S/c1-8(9-3-2-4-9)15-18(16,17)10-5-6-11(13)12(14)7-10/h5-9,15H,2-4,14H2,1H3. The topological polar surface area (TPSA) is 72.2 Å². The summed E-state index contributed by atoms with van der Waals surface area (Å²) >= 11 is 3.25. The Morgan fingerprint density at radius 1 is 1.44 bits per heavy atom. The van der Waals surface area contributed by atoms with Gasteiger partial charge in [0.25, 0.3) is 0 Å².